The fourth-order valence-corrected chi connectivity index (χ4v) is 1.71. The average molecular weight is 266 g/mol. The van der Waals surface area contributed by atoms with Gasteiger partial charge in [0, 0.05) is 24.9 Å². The molecule has 0 atom stereocenters. The van der Waals surface area contributed by atoms with E-state index in [1.807, 2.05) is 13.1 Å². The Balaban J connectivity index is 2.60. The summed E-state index contributed by atoms with van der Waals surface area (Å²) in [5, 5.41) is 3.15. The quantitative estimate of drug-likeness (QED) is 0.698. The van der Waals surface area contributed by atoms with Gasteiger partial charge in [-0.05, 0) is 31.0 Å². The average Bonchev–Trinajstić information content (AvgIpc) is 2.38. The summed E-state index contributed by atoms with van der Waals surface area (Å²) < 4.78 is 11.1. The molecule has 0 aliphatic heterocycles. The molecule has 4 nitrogen and oxygen atoms in total. The molecule has 0 unspecified atom stereocenters. The summed E-state index contributed by atoms with van der Waals surface area (Å²) in [4.78, 5) is 4.53. The van der Waals surface area contributed by atoms with E-state index in [0.29, 0.717) is 25.0 Å². The van der Waals surface area contributed by atoms with E-state index in [0.717, 1.165) is 25.3 Å². The molecule has 0 aromatic carbocycles. The first-order valence-electron chi connectivity index (χ1n) is 7.03. The number of rotatable bonds is 9. The minimum absolute atomic E-state index is 0.399. The lowest BCUT2D eigenvalue weighted by Crippen LogP contribution is -2.11. The Bertz CT molecular complexity index is 367. The molecule has 4 heteroatoms. The van der Waals surface area contributed by atoms with Gasteiger partial charge in [0.15, 0.2) is 0 Å². The number of aromatic nitrogens is 1. The summed E-state index contributed by atoms with van der Waals surface area (Å²) in [7, 11) is 1.94. The van der Waals surface area contributed by atoms with E-state index in [9.17, 15) is 0 Å². The molecule has 1 rings (SSSR count). The topological polar surface area (TPSA) is 43.4 Å². The van der Waals surface area contributed by atoms with Crippen LogP contribution in [-0.4, -0.2) is 31.9 Å². The van der Waals surface area contributed by atoms with Crippen molar-refractivity contribution in [3.05, 3.63) is 23.4 Å². The Kier molecular flexibility index (Phi) is 7.45. The van der Waals surface area contributed by atoms with Crippen LogP contribution in [0.3, 0.4) is 0 Å². The van der Waals surface area contributed by atoms with Gasteiger partial charge >= 0.3 is 0 Å². The second-order valence-corrected chi connectivity index (χ2v) is 4.88. The summed E-state index contributed by atoms with van der Waals surface area (Å²) in [5.41, 5.74) is 2.27. The molecule has 0 radical (unpaired) electrons. The van der Waals surface area contributed by atoms with Crippen LogP contribution < -0.4 is 10.1 Å². The van der Waals surface area contributed by atoms with Gasteiger partial charge in [-0.2, -0.15) is 0 Å². The number of hydrogen-bond acceptors (Lipinski definition) is 4. The molecule has 1 aromatic rings. The van der Waals surface area contributed by atoms with Crippen molar-refractivity contribution in [3.8, 4) is 5.88 Å². The first-order valence-corrected chi connectivity index (χ1v) is 7.03. The second kappa shape index (κ2) is 8.88. The van der Waals surface area contributed by atoms with Gasteiger partial charge in [0.2, 0.25) is 5.88 Å². The highest BCUT2D eigenvalue weighted by atomic mass is 16.5. The zero-order valence-corrected chi connectivity index (χ0v) is 12.5. The molecule has 0 aliphatic rings. The number of ether oxygens (including phenoxy) is 2. The van der Waals surface area contributed by atoms with E-state index in [1.165, 1.54) is 5.56 Å². The molecule has 19 heavy (non-hydrogen) atoms. The molecule has 0 saturated carbocycles. The van der Waals surface area contributed by atoms with E-state index in [1.54, 1.807) is 0 Å². The normalized spacial score (nSPS) is 11.0. The highest BCUT2D eigenvalue weighted by Gasteiger charge is 2.07. The highest BCUT2D eigenvalue weighted by Crippen LogP contribution is 2.19. The van der Waals surface area contributed by atoms with Crippen molar-refractivity contribution in [2.75, 3.05) is 26.9 Å². The molecule has 0 spiro atoms. The molecule has 1 aromatic heterocycles. The fourth-order valence-electron chi connectivity index (χ4n) is 1.71. The summed E-state index contributed by atoms with van der Waals surface area (Å²) in [6.45, 7) is 9.15. The van der Waals surface area contributed by atoms with Crippen molar-refractivity contribution < 1.29 is 9.47 Å². The van der Waals surface area contributed by atoms with Crippen LogP contribution in [0, 0.1) is 0 Å². The third-order valence-electron chi connectivity index (χ3n) is 2.68. The molecule has 0 aliphatic carbocycles. The van der Waals surface area contributed by atoms with Gasteiger partial charge in [-0.15, -0.1) is 0 Å². The molecule has 0 bridgehead atoms. The Morgan fingerprint density at radius 1 is 1.21 bits per heavy atom. The van der Waals surface area contributed by atoms with Crippen molar-refractivity contribution >= 4 is 0 Å². The van der Waals surface area contributed by atoms with Crippen molar-refractivity contribution in [2.24, 2.45) is 0 Å². The number of pyridine rings is 1. The Morgan fingerprint density at radius 3 is 2.63 bits per heavy atom. The summed E-state index contributed by atoms with van der Waals surface area (Å²) in [6.07, 6.45) is 1.04. The molecule has 1 heterocycles. The smallest absolute Gasteiger partial charge is 0.213 e. The molecule has 0 amide bonds. The minimum Gasteiger partial charge on any atom is -0.475 e. The number of nitrogens with one attached hydrogen (secondary N) is 1. The predicted octanol–water partition coefficient (Wildman–Crippen LogP) is 2.73. The maximum absolute atomic E-state index is 5.67. The first-order chi connectivity index (χ1) is 9.17. The van der Waals surface area contributed by atoms with Crippen LogP contribution in [0.5, 0.6) is 5.88 Å². The zero-order chi connectivity index (χ0) is 14.1. The van der Waals surface area contributed by atoms with Crippen molar-refractivity contribution in [1.82, 2.24) is 10.3 Å². The summed E-state index contributed by atoms with van der Waals surface area (Å²) >= 11 is 0. The molecule has 0 saturated heterocycles. The predicted molar refractivity (Wildman–Crippen MR) is 77.7 cm³/mol. The molecule has 0 fully saturated rings. The molecule has 108 valence electrons. The van der Waals surface area contributed by atoms with Crippen molar-refractivity contribution in [2.45, 2.75) is 39.7 Å². The zero-order valence-electron chi connectivity index (χ0n) is 12.5. The Morgan fingerprint density at radius 2 is 2.00 bits per heavy atom. The van der Waals surface area contributed by atoms with E-state index in [2.05, 4.69) is 37.1 Å². The fraction of sp³-hybridized carbons (Fsp3) is 0.667. The van der Waals surface area contributed by atoms with E-state index in [-0.39, 0.29) is 0 Å². The van der Waals surface area contributed by atoms with Gasteiger partial charge in [-0.3, -0.25) is 0 Å². The monoisotopic (exact) mass is 266 g/mol. The molecular formula is C15H26N2O2. The van der Waals surface area contributed by atoms with Crippen LogP contribution in [0.2, 0.25) is 0 Å². The lowest BCUT2D eigenvalue weighted by atomic mass is 10.1. The standard InChI is InChI=1S/C15H26N2O2/c1-5-6-18-7-8-19-15-10-13(11-16-4)9-14(17-15)12(2)3/h9-10,12,16H,5-8,11H2,1-4H3. The third-order valence-corrected chi connectivity index (χ3v) is 2.68. The number of nitrogens with zero attached hydrogens (tertiary/aromatic N) is 1. The largest absolute Gasteiger partial charge is 0.475 e. The second-order valence-electron chi connectivity index (χ2n) is 4.88. The van der Waals surface area contributed by atoms with Crippen LogP contribution in [-0.2, 0) is 11.3 Å². The van der Waals surface area contributed by atoms with Crippen LogP contribution in [0.25, 0.3) is 0 Å². The number of hydrogen-bond donors (Lipinski definition) is 1. The van der Waals surface area contributed by atoms with Gasteiger partial charge in [-0.25, -0.2) is 4.98 Å². The lowest BCUT2D eigenvalue weighted by Gasteiger charge is -2.12. The maximum Gasteiger partial charge on any atom is 0.213 e. The van der Waals surface area contributed by atoms with Crippen LogP contribution in [0.1, 0.15) is 44.4 Å². The SMILES string of the molecule is CCCOCCOc1cc(CNC)cc(C(C)C)n1. The van der Waals surface area contributed by atoms with Crippen molar-refractivity contribution in [1.29, 1.82) is 0 Å². The van der Waals surface area contributed by atoms with Gasteiger partial charge in [-0.1, -0.05) is 20.8 Å². The van der Waals surface area contributed by atoms with Gasteiger partial charge in [0.1, 0.15) is 6.61 Å². The Hall–Kier alpha value is -1.13. The van der Waals surface area contributed by atoms with Gasteiger partial charge < -0.3 is 14.8 Å². The lowest BCUT2D eigenvalue weighted by molar-refractivity contribution is 0.0989. The highest BCUT2D eigenvalue weighted by molar-refractivity contribution is 5.26. The summed E-state index contributed by atoms with van der Waals surface area (Å²) in [6, 6.07) is 4.11. The van der Waals surface area contributed by atoms with Crippen LogP contribution >= 0.6 is 0 Å². The third kappa shape index (κ3) is 6.03. The van der Waals surface area contributed by atoms with Crippen molar-refractivity contribution in [3.63, 3.8) is 0 Å². The van der Waals surface area contributed by atoms with E-state index >= 15 is 0 Å². The molecule has 1 N–H and O–H groups in total. The van der Waals surface area contributed by atoms with E-state index in [4.69, 9.17) is 9.47 Å². The Labute approximate surface area is 116 Å². The maximum atomic E-state index is 5.67. The minimum atomic E-state index is 0.399. The van der Waals surface area contributed by atoms with E-state index < -0.39 is 0 Å². The van der Waals surface area contributed by atoms with Gasteiger partial charge in [0.25, 0.3) is 0 Å². The molecular weight excluding hydrogens is 240 g/mol. The van der Waals surface area contributed by atoms with Crippen LogP contribution in [0.15, 0.2) is 12.1 Å². The first kappa shape index (κ1) is 15.9. The van der Waals surface area contributed by atoms with Gasteiger partial charge in [0.05, 0.1) is 6.61 Å². The summed E-state index contributed by atoms with van der Waals surface area (Å²) in [5.74, 6) is 1.09. The van der Waals surface area contributed by atoms with Crippen LogP contribution in [0.4, 0.5) is 0 Å².